The van der Waals surface area contributed by atoms with E-state index >= 15 is 0 Å². The Hall–Kier alpha value is -1.06. The second-order valence-electron chi connectivity index (χ2n) is 6.66. The van der Waals surface area contributed by atoms with Crippen molar-refractivity contribution in [2.75, 3.05) is 0 Å². The molecule has 102 valence electrons. The smallest absolute Gasteiger partial charge is 0.309 e. The predicted molar refractivity (Wildman–Crippen MR) is 67.9 cm³/mol. The Morgan fingerprint density at radius 3 is 2.67 bits per heavy atom. The van der Waals surface area contributed by atoms with E-state index in [9.17, 15) is 9.59 Å². The molecule has 1 heterocycles. The molecular weight excluding hydrogens is 230 g/mol. The van der Waals surface area contributed by atoms with Crippen LogP contribution in [0.5, 0.6) is 0 Å². The average Bonchev–Trinajstić information content (AvgIpc) is 2.57. The van der Waals surface area contributed by atoms with E-state index in [1.807, 2.05) is 20.8 Å². The quantitative estimate of drug-likeness (QED) is 0.729. The molecule has 1 saturated heterocycles. The SMILES string of the molecule is CC(C)(C)OC(=O)C1CCCC2(CCC(=O)N2)C1. The van der Waals surface area contributed by atoms with Gasteiger partial charge in [0.1, 0.15) is 5.60 Å². The molecule has 4 nitrogen and oxygen atoms in total. The molecule has 1 N–H and O–H groups in total. The van der Waals surface area contributed by atoms with Gasteiger partial charge in [-0.3, -0.25) is 9.59 Å². The number of hydrogen-bond acceptors (Lipinski definition) is 3. The highest BCUT2D eigenvalue weighted by Crippen LogP contribution is 2.39. The van der Waals surface area contributed by atoms with Gasteiger partial charge in [-0.05, 0) is 46.5 Å². The maximum absolute atomic E-state index is 12.1. The highest BCUT2D eigenvalue weighted by molar-refractivity contribution is 5.80. The van der Waals surface area contributed by atoms with Crippen molar-refractivity contribution in [3.63, 3.8) is 0 Å². The van der Waals surface area contributed by atoms with Crippen molar-refractivity contribution in [2.24, 2.45) is 5.92 Å². The van der Waals surface area contributed by atoms with Crippen molar-refractivity contribution in [3.8, 4) is 0 Å². The number of rotatable bonds is 1. The first-order valence-corrected chi connectivity index (χ1v) is 6.84. The van der Waals surface area contributed by atoms with Crippen molar-refractivity contribution in [1.29, 1.82) is 0 Å². The number of hydrogen-bond donors (Lipinski definition) is 1. The highest BCUT2D eigenvalue weighted by atomic mass is 16.6. The first-order valence-electron chi connectivity index (χ1n) is 6.84. The first-order chi connectivity index (χ1) is 8.30. The van der Waals surface area contributed by atoms with Gasteiger partial charge in [0.2, 0.25) is 5.91 Å². The zero-order chi connectivity index (χ0) is 13.4. The van der Waals surface area contributed by atoms with Crippen LogP contribution >= 0.6 is 0 Å². The van der Waals surface area contributed by atoms with Crippen molar-refractivity contribution in [1.82, 2.24) is 5.32 Å². The standard InChI is InChI=1S/C14H23NO3/c1-13(2,3)18-12(17)10-5-4-7-14(9-10)8-6-11(16)15-14/h10H,4-9H2,1-3H3,(H,15,16). The third kappa shape index (κ3) is 3.03. The third-order valence-electron chi connectivity index (χ3n) is 3.82. The molecule has 18 heavy (non-hydrogen) atoms. The van der Waals surface area contributed by atoms with E-state index in [1.165, 1.54) is 0 Å². The van der Waals surface area contributed by atoms with E-state index < -0.39 is 5.60 Å². The van der Waals surface area contributed by atoms with Gasteiger partial charge in [0.05, 0.1) is 5.92 Å². The minimum Gasteiger partial charge on any atom is -0.460 e. The second kappa shape index (κ2) is 4.56. The van der Waals surface area contributed by atoms with E-state index in [0.29, 0.717) is 6.42 Å². The maximum Gasteiger partial charge on any atom is 0.309 e. The van der Waals surface area contributed by atoms with Crippen LogP contribution in [0.4, 0.5) is 0 Å². The summed E-state index contributed by atoms with van der Waals surface area (Å²) < 4.78 is 5.46. The van der Waals surface area contributed by atoms with Crippen LogP contribution in [0.15, 0.2) is 0 Å². The Morgan fingerprint density at radius 1 is 1.39 bits per heavy atom. The van der Waals surface area contributed by atoms with Crippen molar-refractivity contribution >= 4 is 11.9 Å². The van der Waals surface area contributed by atoms with Crippen LogP contribution in [0.1, 0.15) is 59.3 Å². The summed E-state index contributed by atoms with van der Waals surface area (Å²) in [5.41, 5.74) is -0.558. The molecule has 1 saturated carbocycles. The van der Waals surface area contributed by atoms with E-state index in [4.69, 9.17) is 4.74 Å². The summed E-state index contributed by atoms with van der Waals surface area (Å²) in [6.45, 7) is 5.67. The molecule has 0 aromatic carbocycles. The lowest BCUT2D eigenvalue weighted by Gasteiger charge is -2.37. The summed E-state index contributed by atoms with van der Waals surface area (Å²) in [4.78, 5) is 23.5. The first kappa shape index (κ1) is 13.4. The van der Waals surface area contributed by atoms with Gasteiger partial charge in [-0.15, -0.1) is 0 Å². The van der Waals surface area contributed by atoms with Crippen LogP contribution in [0.25, 0.3) is 0 Å². The van der Waals surface area contributed by atoms with Gasteiger partial charge in [-0.25, -0.2) is 0 Å². The molecule has 2 rings (SSSR count). The Kier molecular flexibility index (Phi) is 3.39. The molecule has 1 spiro atoms. The number of nitrogens with one attached hydrogen (secondary N) is 1. The summed E-state index contributed by atoms with van der Waals surface area (Å²) in [5, 5.41) is 3.07. The van der Waals surface area contributed by atoms with E-state index in [0.717, 1.165) is 32.1 Å². The van der Waals surface area contributed by atoms with Gasteiger partial charge in [-0.1, -0.05) is 6.42 Å². The van der Waals surface area contributed by atoms with Crippen LogP contribution in [-0.2, 0) is 14.3 Å². The number of ether oxygens (including phenoxy) is 1. The number of amides is 1. The Bertz CT molecular complexity index is 359. The number of carbonyl (C=O) groups excluding carboxylic acids is 2. The summed E-state index contributed by atoms with van der Waals surface area (Å²) in [5.74, 6) is -0.0427. The lowest BCUT2D eigenvalue weighted by atomic mass is 9.75. The van der Waals surface area contributed by atoms with Gasteiger partial charge < -0.3 is 10.1 Å². The van der Waals surface area contributed by atoms with Gasteiger partial charge in [0.15, 0.2) is 0 Å². The molecule has 2 atom stereocenters. The fourth-order valence-corrected chi connectivity index (χ4v) is 3.06. The van der Waals surface area contributed by atoms with Crippen molar-refractivity contribution < 1.29 is 14.3 Å². The topological polar surface area (TPSA) is 55.4 Å². The second-order valence-corrected chi connectivity index (χ2v) is 6.66. The summed E-state index contributed by atoms with van der Waals surface area (Å²) in [6, 6.07) is 0. The maximum atomic E-state index is 12.1. The predicted octanol–water partition coefficient (Wildman–Crippen LogP) is 2.17. The molecule has 4 heteroatoms. The molecule has 2 unspecified atom stereocenters. The van der Waals surface area contributed by atoms with Crippen LogP contribution in [0.3, 0.4) is 0 Å². The zero-order valence-corrected chi connectivity index (χ0v) is 11.5. The van der Waals surface area contributed by atoms with Gasteiger partial charge >= 0.3 is 5.97 Å². The Labute approximate surface area is 108 Å². The fourth-order valence-electron chi connectivity index (χ4n) is 3.06. The summed E-state index contributed by atoms with van der Waals surface area (Å²) >= 11 is 0. The lowest BCUT2D eigenvalue weighted by molar-refractivity contribution is -0.162. The largest absolute Gasteiger partial charge is 0.460 e. The lowest BCUT2D eigenvalue weighted by Crippen LogP contribution is -2.47. The summed E-state index contributed by atoms with van der Waals surface area (Å²) in [7, 11) is 0. The minimum atomic E-state index is -0.430. The third-order valence-corrected chi connectivity index (χ3v) is 3.82. The fraction of sp³-hybridized carbons (Fsp3) is 0.857. The zero-order valence-electron chi connectivity index (χ0n) is 11.5. The van der Waals surface area contributed by atoms with Crippen molar-refractivity contribution in [3.05, 3.63) is 0 Å². The molecule has 1 aliphatic carbocycles. The molecule has 0 aromatic heterocycles. The highest BCUT2D eigenvalue weighted by Gasteiger charge is 2.44. The monoisotopic (exact) mass is 253 g/mol. The van der Waals surface area contributed by atoms with Gasteiger partial charge in [0, 0.05) is 12.0 Å². The minimum absolute atomic E-state index is 0.0589. The van der Waals surface area contributed by atoms with E-state index in [2.05, 4.69) is 5.32 Å². The molecule has 2 aliphatic rings. The normalized spacial score (nSPS) is 32.4. The molecule has 0 aromatic rings. The Balaban J connectivity index is 1.99. The van der Waals surface area contributed by atoms with Crippen molar-refractivity contribution in [2.45, 2.75) is 70.4 Å². The average molecular weight is 253 g/mol. The molecule has 2 fully saturated rings. The van der Waals surface area contributed by atoms with E-state index in [-0.39, 0.29) is 23.3 Å². The van der Waals surface area contributed by atoms with Crippen LogP contribution < -0.4 is 5.32 Å². The molecule has 1 aliphatic heterocycles. The van der Waals surface area contributed by atoms with Crippen LogP contribution in [-0.4, -0.2) is 23.0 Å². The molecule has 1 amide bonds. The molecule has 0 bridgehead atoms. The Morgan fingerprint density at radius 2 is 2.11 bits per heavy atom. The van der Waals surface area contributed by atoms with Crippen LogP contribution in [0, 0.1) is 5.92 Å². The summed E-state index contributed by atoms with van der Waals surface area (Å²) in [6.07, 6.45) is 5.08. The van der Waals surface area contributed by atoms with Crippen LogP contribution in [0.2, 0.25) is 0 Å². The van der Waals surface area contributed by atoms with Gasteiger partial charge in [-0.2, -0.15) is 0 Å². The molecule has 0 radical (unpaired) electrons. The number of esters is 1. The number of carbonyl (C=O) groups is 2. The molecular formula is C14H23NO3. The van der Waals surface area contributed by atoms with Gasteiger partial charge in [0.25, 0.3) is 0 Å². The van der Waals surface area contributed by atoms with E-state index in [1.54, 1.807) is 0 Å².